The van der Waals surface area contributed by atoms with Gasteiger partial charge in [0.05, 0.1) is 6.20 Å². The average Bonchev–Trinajstić information content (AvgIpc) is 2.82. The third kappa shape index (κ3) is 4.61. The summed E-state index contributed by atoms with van der Waals surface area (Å²) in [6, 6.07) is 1.43. The Morgan fingerprint density at radius 2 is 2.05 bits per heavy atom. The van der Waals surface area contributed by atoms with Crippen LogP contribution in [0.2, 0.25) is 0 Å². The van der Waals surface area contributed by atoms with Crippen LogP contribution in [0.15, 0.2) is 18.5 Å². The molecule has 2 aromatic rings. The fourth-order valence-corrected chi connectivity index (χ4v) is 2.57. The first-order chi connectivity index (χ1) is 9.44. The molecule has 0 amide bonds. The Morgan fingerprint density at radius 1 is 1.25 bits per heavy atom. The lowest BCUT2D eigenvalue weighted by Crippen LogP contribution is -2.36. The van der Waals surface area contributed by atoms with Gasteiger partial charge in [-0.1, -0.05) is 11.3 Å². The molecule has 0 spiro atoms. The molecule has 2 heterocycles. The maximum absolute atomic E-state index is 13.1. The molecule has 4 nitrogen and oxygen atoms in total. The Kier molecular flexibility index (Phi) is 4.77. The van der Waals surface area contributed by atoms with Gasteiger partial charge in [-0.05, 0) is 39.8 Å². The van der Waals surface area contributed by atoms with E-state index in [0.717, 1.165) is 29.4 Å². The number of aryl methyl sites for hydroxylation is 1. The van der Waals surface area contributed by atoms with Crippen LogP contribution in [0.25, 0.3) is 10.6 Å². The molecule has 0 aromatic carbocycles. The third-order valence-electron chi connectivity index (χ3n) is 2.64. The minimum Gasteiger partial charge on any atom is -0.312 e. The van der Waals surface area contributed by atoms with Crippen LogP contribution in [0, 0.1) is 5.82 Å². The van der Waals surface area contributed by atoms with Gasteiger partial charge in [-0.2, -0.15) is 0 Å². The Balaban J connectivity index is 1.90. The lowest BCUT2D eigenvalue weighted by molar-refractivity contribution is 0.422. The average molecular weight is 294 g/mol. The van der Waals surface area contributed by atoms with E-state index in [4.69, 9.17) is 0 Å². The standard InChI is InChI=1S/C14H19FN4S/c1-14(2,3)17-6-4-5-12-18-19-13(20-12)10-7-11(15)9-16-8-10/h7-9,17H,4-6H2,1-3H3. The van der Waals surface area contributed by atoms with E-state index < -0.39 is 0 Å². The van der Waals surface area contributed by atoms with Crippen molar-refractivity contribution in [3.05, 3.63) is 29.3 Å². The first-order valence-electron chi connectivity index (χ1n) is 6.62. The summed E-state index contributed by atoms with van der Waals surface area (Å²) in [7, 11) is 0. The van der Waals surface area contributed by atoms with Crippen molar-refractivity contribution in [1.29, 1.82) is 0 Å². The Labute approximate surface area is 122 Å². The van der Waals surface area contributed by atoms with E-state index in [1.807, 2.05) is 0 Å². The minimum absolute atomic E-state index is 0.138. The van der Waals surface area contributed by atoms with Gasteiger partial charge in [-0.3, -0.25) is 4.98 Å². The molecule has 0 bridgehead atoms. The summed E-state index contributed by atoms with van der Waals surface area (Å²) in [5.74, 6) is -0.353. The Hall–Kier alpha value is -1.40. The second-order valence-corrected chi connectivity index (χ2v) is 6.74. The van der Waals surface area contributed by atoms with E-state index in [1.54, 1.807) is 6.20 Å². The number of rotatable bonds is 5. The highest BCUT2D eigenvalue weighted by Crippen LogP contribution is 2.23. The second-order valence-electron chi connectivity index (χ2n) is 5.67. The maximum atomic E-state index is 13.1. The number of nitrogens with one attached hydrogen (secondary N) is 1. The first kappa shape index (κ1) is 15.0. The first-order valence-corrected chi connectivity index (χ1v) is 7.44. The number of aromatic nitrogens is 3. The zero-order valence-electron chi connectivity index (χ0n) is 12.0. The molecule has 2 rings (SSSR count). The summed E-state index contributed by atoms with van der Waals surface area (Å²) < 4.78 is 13.1. The molecule has 108 valence electrons. The SMILES string of the molecule is CC(C)(C)NCCCc1nnc(-c2cncc(F)c2)s1. The molecule has 0 aliphatic heterocycles. The third-order valence-corrected chi connectivity index (χ3v) is 3.67. The monoisotopic (exact) mass is 294 g/mol. The molecule has 0 radical (unpaired) electrons. The highest BCUT2D eigenvalue weighted by atomic mass is 32.1. The molecule has 0 saturated heterocycles. The molecule has 1 N–H and O–H groups in total. The molecule has 2 aromatic heterocycles. The molecule has 0 fully saturated rings. The highest BCUT2D eigenvalue weighted by Gasteiger charge is 2.10. The van der Waals surface area contributed by atoms with Gasteiger partial charge in [0.15, 0.2) is 0 Å². The topological polar surface area (TPSA) is 50.7 Å². The van der Waals surface area contributed by atoms with Gasteiger partial charge in [-0.25, -0.2) is 4.39 Å². The smallest absolute Gasteiger partial charge is 0.149 e. The van der Waals surface area contributed by atoms with E-state index in [-0.39, 0.29) is 11.4 Å². The molecule has 0 atom stereocenters. The van der Waals surface area contributed by atoms with Crippen molar-refractivity contribution >= 4 is 11.3 Å². The van der Waals surface area contributed by atoms with Gasteiger partial charge in [-0.15, -0.1) is 10.2 Å². The van der Waals surface area contributed by atoms with E-state index in [1.165, 1.54) is 23.6 Å². The summed E-state index contributed by atoms with van der Waals surface area (Å²) >= 11 is 1.50. The van der Waals surface area contributed by atoms with Crippen LogP contribution in [-0.2, 0) is 6.42 Å². The van der Waals surface area contributed by atoms with Gasteiger partial charge in [0.2, 0.25) is 0 Å². The Morgan fingerprint density at radius 3 is 2.75 bits per heavy atom. The largest absolute Gasteiger partial charge is 0.312 e. The summed E-state index contributed by atoms with van der Waals surface area (Å²) in [6.07, 6.45) is 4.68. The van der Waals surface area contributed by atoms with Crippen molar-refractivity contribution in [2.45, 2.75) is 39.2 Å². The quantitative estimate of drug-likeness (QED) is 0.861. The zero-order chi connectivity index (χ0) is 14.6. The van der Waals surface area contributed by atoms with E-state index in [0.29, 0.717) is 5.56 Å². The number of nitrogens with zero attached hydrogens (tertiary/aromatic N) is 3. The zero-order valence-corrected chi connectivity index (χ0v) is 12.8. The van der Waals surface area contributed by atoms with Crippen molar-refractivity contribution in [2.75, 3.05) is 6.54 Å². The van der Waals surface area contributed by atoms with Crippen molar-refractivity contribution < 1.29 is 4.39 Å². The summed E-state index contributed by atoms with van der Waals surface area (Å²) in [5.41, 5.74) is 0.820. The van der Waals surface area contributed by atoms with Crippen LogP contribution in [-0.4, -0.2) is 27.3 Å². The molecule has 0 aliphatic rings. The van der Waals surface area contributed by atoms with Crippen LogP contribution >= 0.6 is 11.3 Å². The predicted octanol–water partition coefficient (Wildman–Crippen LogP) is 3.06. The van der Waals surface area contributed by atoms with Gasteiger partial charge < -0.3 is 5.32 Å². The number of hydrogen-bond acceptors (Lipinski definition) is 5. The van der Waals surface area contributed by atoms with Gasteiger partial charge in [0, 0.05) is 23.7 Å². The fraction of sp³-hybridized carbons (Fsp3) is 0.500. The number of hydrogen-bond donors (Lipinski definition) is 1. The molecule has 6 heteroatoms. The van der Waals surface area contributed by atoms with Crippen LogP contribution in [0.4, 0.5) is 4.39 Å². The molecule has 0 unspecified atom stereocenters. The van der Waals surface area contributed by atoms with Gasteiger partial charge in [0.25, 0.3) is 0 Å². The molecular weight excluding hydrogens is 275 g/mol. The minimum atomic E-state index is -0.353. The maximum Gasteiger partial charge on any atom is 0.149 e. The molecule has 20 heavy (non-hydrogen) atoms. The van der Waals surface area contributed by atoms with Gasteiger partial charge >= 0.3 is 0 Å². The van der Waals surface area contributed by atoms with Crippen molar-refractivity contribution in [1.82, 2.24) is 20.5 Å². The fourth-order valence-electron chi connectivity index (χ4n) is 1.70. The van der Waals surface area contributed by atoms with Crippen molar-refractivity contribution in [3.63, 3.8) is 0 Å². The van der Waals surface area contributed by atoms with Crippen LogP contribution < -0.4 is 5.32 Å². The summed E-state index contributed by atoms with van der Waals surface area (Å²) in [5, 5.41) is 13.4. The Bertz CT molecular complexity index is 562. The summed E-state index contributed by atoms with van der Waals surface area (Å²) in [4.78, 5) is 3.83. The van der Waals surface area contributed by atoms with Crippen LogP contribution in [0.3, 0.4) is 0 Å². The molecular formula is C14H19FN4S. The van der Waals surface area contributed by atoms with Gasteiger partial charge in [0.1, 0.15) is 15.8 Å². The normalized spacial score (nSPS) is 11.8. The lowest BCUT2D eigenvalue weighted by Gasteiger charge is -2.20. The van der Waals surface area contributed by atoms with Crippen LogP contribution in [0.5, 0.6) is 0 Å². The van der Waals surface area contributed by atoms with E-state index >= 15 is 0 Å². The second kappa shape index (κ2) is 6.37. The van der Waals surface area contributed by atoms with E-state index in [2.05, 4.69) is 41.3 Å². The summed E-state index contributed by atoms with van der Waals surface area (Å²) in [6.45, 7) is 7.38. The number of pyridine rings is 1. The number of halogens is 1. The predicted molar refractivity (Wildman–Crippen MR) is 79.2 cm³/mol. The molecule has 0 saturated carbocycles. The van der Waals surface area contributed by atoms with Crippen molar-refractivity contribution in [3.8, 4) is 10.6 Å². The van der Waals surface area contributed by atoms with Crippen LogP contribution in [0.1, 0.15) is 32.2 Å². The molecule has 0 aliphatic carbocycles. The van der Waals surface area contributed by atoms with Crippen molar-refractivity contribution in [2.24, 2.45) is 0 Å². The lowest BCUT2D eigenvalue weighted by atomic mass is 10.1. The van der Waals surface area contributed by atoms with E-state index in [9.17, 15) is 4.39 Å². The highest BCUT2D eigenvalue weighted by molar-refractivity contribution is 7.14.